The number of carbonyl (C=O) groups is 2. The zero-order valence-electron chi connectivity index (χ0n) is 12.2. The number of pyridine rings is 1. The highest BCUT2D eigenvalue weighted by molar-refractivity contribution is 5.96. The number of anilines is 1. The predicted octanol–water partition coefficient (Wildman–Crippen LogP) is 1.11. The maximum Gasteiger partial charge on any atom is 0.414 e. The largest absolute Gasteiger partial charge is 0.443 e. The Bertz CT molecular complexity index is 572. The minimum atomic E-state index is -0.670. The highest BCUT2D eigenvalue weighted by Gasteiger charge is 2.22. The molecule has 0 saturated heterocycles. The van der Waals surface area contributed by atoms with Gasteiger partial charge in [-0.25, -0.2) is 4.79 Å². The van der Waals surface area contributed by atoms with Crippen molar-refractivity contribution in [2.75, 3.05) is 19.0 Å². The summed E-state index contributed by atoms with van der Waals surface area (Å²) in [6.07, 6.45) is 0.616. The van der Waals surface area contributed by atoms with Crippen LogP contribution in [0.25, 0.3) is 0 Å². The minimum Gasteiger partial charge on any atom is -0.443 e. The van der Waals surface area contributed by atoms with Crippen molar-refractivity contribution >= 4 is 17.7 Å². The summed E-state index contributed by atoms with van der Waals surface area (Å²) in [6, 6.07) is 1.33. The van der Waals surface area contributed by atoms with E-state index in [9.17, 15) is 14.4 Å². The van der Waals surface area contributed by atoms with Crippen LogP contribution in [-0.4, -0.2) is 36.7 Å². The van der Waals surface area contributed by atoms with Gasteiger partial charge in [0.15, 0.2) is 0 Å². The van der Waals surface area contributed by atoms with Gasteiger partial charge in [-0.05, 0) is 26.8 Å². The van der Waals surface area contributed by atoms with E-state index in [0.717, 1.165) is 4.90 Å². The topological polar surface area (TPSA) is 91.5 Å². The molecule has 7 nitrogen and oxygen atoms in total. The molecule has 2 N–H and O–H groups in total. The summed E-state index contributed by atoms with van der Waals surface area (Å²) in [6.45, 7) is 5.18. The second kappa shape index (κ2) is 5.77. The standard InChI is InChI=1S/C13H19N3O4/c1-13(2,3)20-12(19)16(5)9-6-8(10(17)14-4)7-15-11(9)18/h6-7H,1-5H3,(H,14,17)(H,15,18). The van der Waals surface area contributed by atoms with Gasteiger partial charge in [-0.3, -0.25) is 14.5 Å². The highest BCUT2D eigenvalue weighted by atomic mass is 16.6. The molecule has 0 spiro atoms. The molecular weight excluding hydrogens is 262 g/mol. The number of H-pyrrole nitrogens is 1. The number of aromatic amines is 1. The van der Waals surface area contributed by atoms with E-state index in [1.165, 1.54) is 26.4 Å². The fourth-order valence-electron chi connectivity index (χ4n) is 1.43. The van der Waals surface area contributed by atoms with Crippen molar-refractivity contribution in [3.63, 3.8) is 0 Å². The van der Waals surface area contributed by atoms with E-state index < -0.39 is 17.3 Å². The van der Waals surface area contributed by atoms with Crippen LogP contribution in [0.15, 0.2) is 17.1 Å². The number of carbonyl (C=O) groups excluding carboxylic acids is 2. The summed E-state index contributed by atoms with van der Waals surface area (Å²) >= 11 is 0. The third-order valence-electron chi connectivity index (χ3n) is 2.40. The van der Waals surface area contributed by atoms with E-state index in [1.807, 2.05) is 0 Å². The van der Waals surface area contributed by atoms with Crippen molar-refractivity contribution < 1.29 is 14.3 Å². The fourth-order valence-corrected chi connectivity index (χ4v) is 1.43. The Hall–Kier alpha value is -2.31. The number of hydrogen-bond acceptors (Lipinski definition) is 4. The van der Waals surface area contributed by atoms with Crippen molar-refractivity contribution in [2.45, 2.75) is 26.4 Å². The molecule has 1 aromatic rings. The molecule has 110 valence electrons. The van der Waals surface area contributed by atoms with Crippen LogP contribution >= 0.6 is 0 Å². The molecule has 0 aliphatic heterocycles. The van der Waals surface area contributed by atoms with Crippen molar-refractivity contribution in [2.24, 2.45) is 0 Å². The first kappa shape index (κ1) is 15.7. The average molecular weight is 281 g/mol. The van der Waals surface area contributed by atoms with Crippen LogP contribution in [0.1, 0.15) is 31.1 Å². The van der Waals surface area contributed by atoms with Gasteiger partial charge >= 0.3 is 6.09 Å². The average Bonchev–Trinajstić information content (AvgIpc) is 2.35. The quantitative estimate of drug-likeness (QED) is 0.849. The molecule has 0 unspecified atom stereocenters. The molecule has 1 heterocycles. The predicted molar refractivity (Wildman–Crippen MR) is 75.1 cm³/mol. The zero-order valence-corrected chi connectivity index (χ0v) is 12.2. The van der Waals surface area contributed by atoms with Crippen molar-refractivity contribution in [3.8, 4) is 0 Å². The van der Waals surface area contributed by atoms with Crippen molar-refractivity contribution in [1.29, 1.82) is 0 Å². The maximum absolute atomic E-state index is 11.9. The second-order valence-electron chi connectivity index (χ2n) is 5.22. The van der Waals surface area contributed by atoms with Gasteiger partial charge in [-0.2, -0.15) is 0 Å². The normalized spacial score (nSPS) is 10.8. The Morgan fingerprint density at radius 3 is 2.45 bits per heavy atom. The third-order valence-corrected chi connectivity index (χ3v) is 2.40. The molecule has 1 aromatic heterocycles. The Kier molecular flexibility index (Phi) is 4.54. The van der Waals surface area contributed by atoms with Crippen LogP contribution in [0, 0.1) is 0 Å². The lowest BCUT2D eigenvalue weighted by Gasteiger charge is -2.24. The van der Waals surface area contributed by atoms with Crippen LogP contribution in [0.3, 0.4) is 0 Å². The number of nitrogens with one attached hydrogen (secondary N) is 2. The smallest absolute Gasteiger partial charge is 0.414 e. The molecule has 2 amide bonds. The number of rotatable bonds is 2. The van der Waals surface area contributed by atoms with Crippen LogP contribution < -0.4 is 15.8 Å². The monoisotopic (exact) mass is 281 g/mol. The first-order chi connectivity index (χ1) is 9.15. The highest BCUT2D eigenvalue weighted by Crippen LogP contribution is 2.14. The van der Waals surface area contributed by atoms with E-state index in [1.54, 1.807) is 20.8 Å². The van der Waals surface area contributed by atoms with Gasteiger partial charge in [-0.1, -0.05) is 0 Å². The first-order valence-corrected chi connectivity index (χ1v) is 6.07. The molecule has 1 rings (SSSR count). The number of nitrogens with zero attached hydrogens (tertiary/aromatic N) is 1. The van der Waals surface area contributed by atoms with Gasteiger partial charge in [0.1, 0.15) is 11.3 Å². The Morgan fingerprint density at radius 1 is 1.35 bits per heavy atom. The van der Waals surface area contributed by atoms with E-state index in [2.05, 4.69) is 10.3 Å². The van der Waals surface area contributed by atoms with Gasteiger partial charge in [0.2, 0.25) is 0 Å². The number of hydrogen-bond donors (Lipinski definition) is 2. The van der Waals surface area contributed by atoms with Gasteiger partial charge in [0, 0.05) is 20.3 Å². The number of aromatic nitrogens is 1. The van der Waals surface area contributed by atoms with Gasteiger partial charge in [0.25, 0.3) is 11.5 Å². The molecule has 0 aliphatic carbocycles. The second-order valence-corrected chi connectivity index (χ2v) is 5.22. The van der Waals surface area contributed by atoms with Crippen LogP contribution in [0.2, 0.25) is 0 Å². The molecule has 0 aromatic carbocycles. The van der Waals surface area contributed by atoms with E-state index in [-0.39, 0.29) is 17.2 Å². The van der Waals surface area contributed by atoms with Gasteiger partial charge in [-0.15, -0.1) is 0 Å². The van der Waals surface area contributed by atoms with Crippen molar-refractivity contribution in [1.82, 2.24) is 10.3 Å². The summed E-state index contributed by atoms with van der Waals surface area (Å²) in [4.78, 5) is 38.7. The van der Waals surface area contributed by atoms with E-state index >= 15 is 0 Å². The molecule has 0 bridgehead atoms. The third kappa shape index (κ3) is 3.84. The molecule has 20 heavy (non-hydrogen) atoms. The molecular formula is C13H19N3O4. The Labute approximate surface area is 116 Å². The molecule has 7 heteroatoms. The first-order valence-electron chi connectivity index (χ1n) is 6.07. The SMILES string of the molecule is CNC(=O)c1c[nH]c(=O)c(N(C)C(=O)OC(C)(C)C)c1. The fraction of sp³-hybridized carbons (Fsp3) is 0.462. The Morgan fingerprint density at radius 2 is 1.95 bits per heavy atom. The lowest BCUT2D eigenvalue weighted by atomic mass is 10.2. The lowest BCUT2D eigenvalue weighted by Crippen LogP contribution is -2.37. The number of amides is 2. The summed E-state index contributed by atoms with van der Waals surface area (Å²) < 4.78 is 5.17. The summed E-state index contributed by atoms with van der Waals surface area (Å²) in [7, 11) is 2.89. The van der Waals surface area contributed by atoms with Crippen LogP contribution in [0.4, 0.5) is 10.5 Å². The zero-order chi connectivity index (χ0) is 15.5. The summed E-state index contributed by atoms with van der Waals surface area (Å²) in [5.41, 5.74) is -0.861. The van der Waals surface area contributed by atoms with Crippen LogP contribution in [0.5, 0.6) is 0 Å². The van der Waals surface area contributed by atoms with E-state index in [4.69, 9.17) is 4.74 Å². The summed E-state index contributed by atoms with van der Waals surface area (Å²) in [5.74, 6) is -0.361. The maximum atomic E-state index is 11.9. The molecule has 0 fully saturated rings. The molecule has 0 saturated carbocycles. The Balaban J connectivity index is 3.09. The molecule has 0 radical (unpaired) electrons. The molecule has 0 aliphatic rings. The van der Waals surface area contributed by atoms with Crippen molar-refractivity contribution in [3.05, 3.63) is 28.2 Å². The molecule has 0 atom stereocenters. The minimum absolute atomic E-state index is 0.0420. The number of ether oxygens (including phenoxy) is 1. The summed E-state index contributed by atoms with van der Waals surface area (Å²) in [5, 5.41) is 2.44. The lowest BCUT2D eigenvalue weighted by molar-refractivity contribution is 0.0588. The van der Waals surface area contributed by atoms with Gasteiger partial charge in [0.05, 0.1) is 5.56 Å². The van der Waals surface area contributed by atoms with Crippen LogP contribution in [-0.2, 0) is 4.74 Å². The van der Waals surface area contributed by atoms with E-state index in [0.29, 0.717) is 0 Å². The van der Waals surface area contributed by atoms with Gasteiger partial charge < -0.3 is 15.0 Å².